The number of rotatable bonds is 6. The Morgan fingerprint density at radius 3 is 2.68 bits per heavy atom. The molecule has 142 valence electrons. The van der Waals surface area contributed by atoms with Crippen LogP contribution in [0.2, 0.25) is 0 Å². The zero-order valence-corrected chi connectivity index (χ0v) is 16.0. The molecule has 1 amide bonds. The van der Waals surface area contributed by atoms with Crippen molar-refractivity contribution in [2.75, 3.05) is 7.11 Å². The van der Waals surface area contributed by atoms with Crippen molar-refractivity contribution >= 4 is 27.3 Å². The molecule has 4 aromatic rings. The Hall–Kier alpha value is -2.96. The molecule has 2 heterocycles. The Morgan fingerprint density at radius 2 is 1.96 bits per heavy atom. The second-order valence-corrected chi connectivity index (χ2v) is 7.34. The number of methoxy groups -OCH3 is 1. The van der Waals surface area contributed by atoms with Gasteiger partial charge in [-0.1, -0.05) is 36.4 Å². The second-order valence-electron chi connectivity index (χ2n) is 6.29. The molecule has 0 bridgehead atoms. The third-order valence-electron chi connectivity index (χ3n) is 4.49. The van der Waals surface area contributed by atoms with Gasteiger partial charge < -0.3 is 14.5 Å². The van der Waals surface area contributed by atoms with E-state index in [-0.39, 0.29) is 18.3 Å². The molecule has 1 atom stereocenters. The van der Waals surface area contributed by atoms with Gasteiger partial charge in [-0.25, -0.2) is 4.39 Å². The molecule has 0 aliphatic rings. The summed E-state index contributed by atoms with van der Waals surface area (Å²) < 4.78 is 25.9. The molecule has 0 aliphatic heterocycles. The lowest BCUT2D eigenvalue weighted by Crippen LogP contribution is -2.29. The number of hydrogen-bond acceptors (Lipinski definition) is 4. The minimum absolute atomic E-state index is 0.153. The van der Waals surface area contributed by atoms with Gasteiger partial charge in [-0.3, -0.25) is 4.79 Å². The fourth-order valence-electron chi connectivity index (χ4n) is 3.25. The largest absolute Gasteiger partial charge is 0.467 e. The highest BCUT2D eigenvalue weighted by molar-refractivity contribution is 7.21. The highest BCUT2D eigenvalue weighted by Crippen LogP contribution is 2.34. The minimum atomic E-state index is -0.450. The number of hydrogen-bond donors (Lipinski definition) is 1. The number of halogens is 1. The Balaban J connectivity index is 1.74. The lowest BCUT2D eigenvalue weighted by Gasteiger charge is -2.17. The van der Waals surface area contributed by atoms with Gasteiger partial charge in [-0.05, 0) is 29.8 Å². The lowest BCUT2D eigenvalue weighted by atomic mass is 10.0. The molecule has 0 saturated heterocycles. The molecule has 2 aromatic heterocycles. The molecular weight excluding hydrogens is 377 g/mol. The summed E-state index contributed by atoms with van der Waals surface area (Å²) in [6.07, 6.45) is 1.57. The smallest absolute Gasteiger partial charge is 0.262 e. The third kappa shape index (κ3) is 3.44. The number of furan rings is 1. The highest BCUT2D eigenvalue weighted by Gasteiger charge is 2.25. The Bertz CT molecular complexity index is 1090. The van der Waals surface area contributed by atoms with Gasteiger partial charge in [0.25, 0.3) is 5.91 Å². The maximum Gasteiger partial charge on any atom is 0.262 e. The summed E-state index contributed by atoms with van der Waals surface area (Å²) >= 11 is 1.26. The van der Waals surface area contributed by atoms with Crippen molar-refractivity contribution in [3.05, 3.63) is 94.5 Å². The van der Waals surface area contributed by atoms with Crippen LogP contribution in [0.5, 0.6) is 0 Å². The monoisotopic (exact) mass is 395 g/mol. The van der Waals surface area contributed by atoms with Crippen molar-refractivity contribution in [1.29, 1.82) is 0 Å². The zero-order chi connectivity index (χ0) is 19.5. The van der Waals surface area contributed by atoms with Gasteiger partial charge in [0.05, 0.1) is 17.7 Å². The Labute approximate surface area is 165 Å². The molecule has 6 heteroatoms. The van der Waals surface area contributed by atoms with Crippen molar-refractivity contribution in [3.8, 4) is 0 Å². The van der Waals surface area contributed by atoms with E-state index in [0.717, 1.165) is 5.56 Å². The summed E-state index contributed by atoms with van der Waals surface area (Å²) in [5.74, 6) is -0.0245. The summed E-state index contributed by atoms with van der Waals surface area (Å²) in [5, 5.41) is 3.47. The van der Waals surface area contributed by atoms with Crippen LogP contribution in [0.3, 0.4) is 0 Å². The predicted molar refractivity (Wildman–Crippen MR) is 107 cm³/mol. The average molecular weight is 395 g/mol. The minimum Gasteiger partial charge on any atom is -0.467 e. The molecule has 0 spiro atoms. The molecule has 0 radical (unpaired) electrons. The fraction of sp³-hybridized carbons (Fsp3) is 0.136. The number of nitrogens with one attached hydrogen (secondary N) is 1. The van der Waals surface area contributed by atoms with Gasteiger partial charge in [0, 0.05) is 22.8 Å². The Kier molecular flexibility index (Phi) is 5.23. The van der Waals surface area contributed by atoms with Crippen molar-refractivity contribution in [2.24, 2.45) is 0 Å². The molecule has 2 aromatic carbocycles. The first-order valence-electron chi connectivity index (χ1n) is 8.77. The molecule has 0 saturated carbocycles. The molecule has 0 aliphatic carbocycles. The first-order chi connectivity index (χ1) is 13.7. The lowest BCUT2D eigenvalue weighted by molar-refractivity contribution is 0.0939. The number of amides is 1. The first kappa shape index (κ1) is 18.4. The van der Waals surface area contributed by atoms with Crippen LogP contribution in [0.25, 0.3) is 10.1 Å². The fourth-order valence-corrected chi connectivity index (χ4v) is 4.37. The van der Waals surface area contributed by atoms with Crippen LogP contribution in [-0.4, -0.2) is 13.0 Å². The first-order valence-corrected chi connectivity index (χ1v) is 9.58. The summed E-state index contributed by atoms with van der Waals surface area (Å²) in [4.78, 5) is 13.6. The van der Waals surface area contributed by atoms with Crippen LogP contribution in [0.4, 0.5) is 4.39 Å². The molecule has 1 unspecified atom stereocenters. The van der Waals surface area contributed by atoms with Crippen molar-refractivity contribution < 1.29 is 18.3 Å². The standard InChI is InChI=1S/C22H18FNO3S/c1-26-13-15-19-16(23)9-5-11-18(19)28-21(15)22(25)24-20(17-10-6-12-27-17)14-7-3-2-4-8-14/h2-12,20H,13H2,1H3,(H,24,25). The van der Waals surface area contributed by atoms with Crippen LogP contribution >= 0.6 is 11.3 Å². The number of fused-ring (bicyclic) bond motifs is 1. The van der Waals surface area contributed by atoms with E-state index in [0.29, 0.717) is 26.3 Å². The maximum atomic E-state index is 14.4. The van der Waals surface area contributed by atoms with Gasteiger partial charge in [0.1, 0.15) is 17.6 Å². The third-order valence-corrected chi connectivity index (χ3v) is 5.69. The highest BCUT2D eigenvalue weighted by atomic mass is 32.1. The SMILES string of the molecule is COCc1c(C(=O)NC(c2ccccc2)c2ccco2)sc2cccc(F)c12. The van der Waals surface area contributed by atoms with E-state index >= 15 is 0 Å². The molecule has 0 fully saturated rings. The maximum absolute atomic E-state index is 14.4. The van der Waals surface area contributed by atoms with Gasteiger partial charge in [-0.2, -0.15) is 0 Å². The van der Waals surface area contributed by atoms with Crippen molar-refractivity contribution in [2.45, 2.75) is 12.6 Å². The van der Waals surface area contributed by atoms with Gasteiger partial charge in [0.2, 0.25) is 0 Å². The summed E-state index contributed by atoms with van der Waals surface area (Å²) in [6.45, 7) is 0.153. The summed E-state index contributed by atoms with van der Waals surface area (Å²) in [5.41, 5.74) is 1.45. The van der Waals surface area contributed by atoms with E-state index in [4.69, 9.17) is 9.15 Å². The summed E-state index contributed by atoms with van der Waals surface area (Å²) in [6, 6.07) is 17.6. The van der Waals surface area contributed by atoms with Crippen LogP contribution in [0.1, 0.15) is 32.6 Å². The number of carbonyl (C=O) groups excluding carboxylic acids is 1. The quantitative estimate of drug-likeness (QED) is 0.482. The number of thiophene rings is 1. The van der Waals surface area contributed by atoms with Crippen molar-refractivity contribution in [3.63, 3.8) is 0 Å². The molecule has 1 N–H and O–H groups in total. The topological polar surface area (TPSA) is 51.5 Å². The van der Waals surface area contributed by atoms with Crippen LogP contribution in [0.15, 0.2) is 71.3 Å². The molecular formula is C22H18FNO3S. The van der Waals surface area contributed by atoms with Gasteiger partial charge in [0.15, 0.2) is 0 Å². The van der Waals surface area contributed by atoms with Crippen LogP contribution in [-0.2, 0) is 11.3 Å². The zero-order valence-electron chi connectivity index (χ0n) is 15.1. The van der Waals surface area contributed by atoms with E-state index < -0.39 is 6.04 Å². The van der Waals surface area contributed by atoms with E-state index in [1.165, 1.54) is 24.5 Å². The van der Waals surface area contributed by atoms with E-state index in [1.807, 2.05) is 36.4 Å². The normalized spacial score (nSPS) is 12.2. The average Bonchev–Trinajstić information content (AvgIpc) is 3.36. The number of ether oxygens (including phenoxy) is 1. The van der Waals surface area contributed by atoms with Crippen LogP contribution in [0, 0.1) is 5.82 Å². The van der Waals surface area contributed by atoms with Gasteiger partial charge in [-0.15, -0.1) is 11.3 Å². The van der Waals surface area contributed by atoms with Crippen molar-refractivity contribution in [1.82, 2.24) is 5.32 Å². The van der Waals surface area contributed by atoms with E-state index in [2.05, 4.69) is 5.32 Å². The molecule has 4 rings (SSSR count). The number of benzene rings is 2. The Morgan fingerprint density at radius 1 is 1.14 bits per heavy atom. The second kappa shape index (κ2) is 7.96. The summed E-state index contributed by atoms with van der Waals surface area (Å²) in [7, 11) is 1.53. The molecule has 28 heavy (non-hydrogen) atoms. The molecule has 4 nitrogen and oxygen atoms in total. The van der Waals surface area contributed by atoms with Gasteiger partial charge >= 0.3 is 0 Å². The van der Waals surface area contributed by atoms with E-state index in [1.54, 1.807) is 24.5 Å². The number of carbonyl (C=O) groups is 1. The van der Waals surface area contributed by atoms with Crippen LogP contribution < -0.4 is 5.32 Å². The van der Waals surface area contributed by atoms with E-state index in [9.17, 15) is 9.18 Å². The predicted octanol–water partition coefficient (Wildman–Crippen LogP) is 5.30.